The fourth-order valence-corrected chi connectivity index (χ4v) is 1.33. The van der Waals surface area contributed by atoms with E-state index in [0.717, 1.165) is 0 Å². The first-order valence-corrected chi connectivity index (χ1v) is 3.72. The summed E-state index contributed by atoms with van der Waals surface area (Å²) in [5.41, 5.74) is -0.305. The van der Waals surface area contributed by atoms with Gasteiger partial charge >= 0.3 is 5.69 Å². The number of aromatic nitrogens is 4. The summed E-state index contributed by atoms with van der Waals surface area (Å²) < 4.78 is 2.84. The van der Waals surface area contributed by atoms with E-state index in [9.17, 15) is 9.59 Å². The standard InChI is InChI=1S/C7H8N4O2/c1-10-6-4(3-8-11(6)2)5(12)9-7(10)13/h3H,1-2H3,(H,9,12,13). The summed E-state index contributed by atoms with van der Waals surface area (Å²) in [7, 11) is 3.27. The van der Waals surface area contributed by atoms with Crippen LogP contribution in [0.15, 0.2) is 15.8 Å². The van der Waals surface area contributed by atoms with Crippen LogP contribution in [-0.2, 0) is 14.1 Å². The Morgan fingerprint density at radius 2 is 2.08 bits per heavy atom. The highest BCUT2D eigenvalue weighted by Crippen LogP contribution is 2.02. The molecule has 0 saturated heterocycles. The lowest BCUT2D eigenvalue weighted by atomic mass is 10.4. The number of nitrogens with one attached hydrogen (secondary N) is 1. The molecule has 0 fully saturated rings. The molecule has 0 spiro atoms. The predicted octanol–water partition coefficient (Wildman–Crippen LogP) is -1.04. The quantitative estimate of drug-likeness (QED) is 0.562. The van der Waals surface area contributed by atoms with Gasteiger partial charge in [0.05, 0.1) is 6.20 Å². The topological polar surface area (TPSA) is 72.7 Å². The van der Waals surface area contributed by atoms with Gasteiger partial charge in [-0.25, -0.2) is 4.79 Å². The third kappa shape index (κ3) is 0.915. The van der Waals surface area contributed by atoms with Gasteiger partial charge in [-0.1, -0.05) is 0 Å². The number of aromatic amines is 1. The van der Waals surface area contributed by atoms with E-state index in [4.69, 9.17) is 0 Å². The number of fused-ring (bicyclic) bond motifs is 1. The molecule has 0 atom stereocenters. The minimum atomic E-state index is -0.430. The minimum absolute atomic E-state index is 0.397. The molecule has 0 bridgehead atoms. The first-order chi connectivity index (χ1) is 6.11. The lowest BCUT2D eigenvalue weighted by Gasteiger charge is -1.99. The van der Waals surface area contributed by atoms with Gasteiger partial charge in [-0.2, -0.15) is 5.10 Å². The molecule has 2 heterocycles. The highest BCUT2D eigenvalue weighted by Gasteiger charge is 2.07. The van der Waals surface area contributed by atoms with Crippen LogP contribution in [0.2, 0.25) is 0 Å². The summed E-state index contributed by atoms with van der Waals surface area (Å²) in [6.07, 6.45) is 1.44. The molecule has 6 heteroatoms. The van der Waals surface area contributed by atoms with E-state index in [-0.39, 0.29) is 0 Å². The van der Waals surface area contributed by atoms with Crippen molar-refractivity contribution in [2.75, 3.05) is 0 Å². The molecule has 0 aromatic carbocycles. The monoisotopic (exact) mass is 180 g/mol. The van der Waals surface area contributed by atoms with Gasteiger partial charge < -0.3 is 0 Å². The van der Waals surface area contributed by atoms with Crippen LogP contribution in [0.4, 0.5) is 0 Å². The molecule has 13 heavy (non-hydrogen) atoms. The van der Waals surface area contributed by atoms with Crippen LogP contribution in [0.25, 0.3) is 11.0 Å². The lowest BCUT2D eigenvalue weighted by molar-refractivity contribution is 0.734. The van der Waals surface area contributed by atoms with Gasteiger partial charge in [-0.05, 0) is 0 Å². The zero-order valence-corrected chi connectivity index (χ0v) is 7.24. The van der Waals surface area contributed by atoms with Gasteiger partial charge in [0, 0.05) is 14.1 Å². The molecule has 0 radical (unpaired) electrons. The van der Waals surface area contributed by atoms with Crippen LogP contribution < -0.4 is 11.2 Å². The second kappa shape index (κ2) is 2.32. The fourth-order valence-electron chi connectivity index (χ4n) is 1.33. The zero-order chi connectivity index (χ0) is 9.59. The molecule has 6 nitrogen and oxygen atoms in total. The van der Waals surface area contributed by atoms with E-state index in [1.807, 2.05) is 0 Å². The van der Waals surface area contributed by atoms with Crippen molar-refractivity contribution in [2.24, 2.45) is 14.1 Å². The molecular formula is C7H8N4O2. The van der Waals surface area contributed by atoms with Crippen LogP contribution in [0.1, 0.15) is 0 Å². The number of hydrogen-bond donors (Lipinski definition) is 1. The van der Waals surface area contributed by atoms with E-state index < -0.39 is 11.2 Å². The van der Waals surface area contributed by atoms with Gasteiger partial charge in [-0.3, -0.25) is 19.0 Å². The molecule has 2 aromatic heterocycles. The summed E-state index contributed by atoms with van der Waals surface area (Å²) in [5, 5.41) is 4.32. The van der Waals surface area contributed by atoms with Gasteiger partial charge in [0.1, 0.15) is 11.0 Å². The lowest BCUT2D eigenvalue weighted by Crippen LogP contribution is -2.28. The summed E-state index contributed by atoms with van der Waals surface area (Å²) in [6.45, 7) is 0. The zero-order valence-electron chi connectivity index (χ0n) is 7.24. The SMILES string of the molecule is Cn1ncc2c(=O)[nH]c(=O)n(C)c21. The Balaban J connectivity index is 3.19. The van der Waals surface area contributed by atoms with Crippen LogP contribution in [0, 0.1) is 0 Å². The minimum Gasteiger partial charge on any atom is -0.281 e. The Hall–Kier alpha value is -1.85. The maximum atomic E-state index is 11.2. The van der Waals surface area contributed by atoms with Crippen molar-refractivity contribution < 1.29 is 0 Å². The van der Waals surface area contributed by atoms with Crippen molar-refractivity contribution in [3.8, 4) is 0 Å². The third-order valence-electron chi connectivity index (χ3n) is 1.99. The number of H-pyrrole nitrogens is 1. The largest absolute Gasteiger partial charge is 0.329 e. The first-order valence-electron chi connectivity index (χ1n) is 3.72. The molecule has 68 valence electrons. The highest BCUT2D eigenvalue weighted by molar-refractivity contribution is 5.73. The molecule has 1 N–H and O–H groups in total. The molecule has 0 saturated carbocycles. The van der Waals surface area contributed by atoms with Crippen LogP contribution in [0.5, 0.6) is 0 Å². The summed E-state index contributed by atoms with van der Waals surface area (Å²) in [5.74, 6) is 0. The second-order valence-corrected chi connectivity index (χ2v) is 2.82. The number of aryl methyl sites for hydroxylation is 2. The Kier molecular flexibility index (Phi) is 1.39. The third-order valence-corrected chi connectivity index (χ3v) is 1.99. The van der Waals surface area contributed by atoms with E-state index in [1.54, 1.807) is 14.1 Å². The van der Waals surface area contributed by atoms with Crippen molar-refractivity contribution >= 4 is 11.0 Å². The molecule has 0 aliphatic carbocycles. The molecule has 2 rings (SSSR count). The van der Waals surface area contributed by atoms with Crippen LogP contribution in [0.3, 0.4) is 0 Å². The maximum absolute atomic E-state index is 11.2. The van der Waals surface area contributed by atoms with E-state index in [1.165, 1.54) is 15.4 Å². The summed E-state index contributed by atoms with van der Waals surface area (Å²) >= 11 is 0. The highest BCUT2D eigenvalue weighted by atomic mass is 16.2. The van der Waals surface area contributed by atoms with E-state index >= 15 is 0 Å². The summed E-state index contributed by atoms with van der Waals surface area (Å²) in [4.78, 5) is 24.6. The maximum Gasteiger partial charge on any atom is 0.329 e. The molecule has 0 aliphatic heterocycles. The van der Waals surface area contributed by atoms with E-state index in [0.29, 0.717) is 11.0 Å². The van der Waals surface area contributed by atoms with E-state index in [2.05, 4.69) is 10.1 Å². The Labute approximate surface area is 72.4 Å². The van der Waals surface area contributed by atoms with Crippen molar-refractivity contribution in [1.29, 1.82) is 0 Å². The van der Waals surface area contributed by atoms with Crippen LogP contribution in [-0.4, -0.2) is 19.3 Å². The van der Waals surface area contributed by atoms with Gasteiger partial charge in [0.25, 0.3) is 5.56 Å². The van der Waals surface area contributed by atoms with Gasteiger partial charge in [0.15, 0.2) is 0 Å². The normalized spacial score (nSPS) is 10.9. The van der Waals surface area contributed by atoms with Gasteiger partial charge in [0.2, 0.25) is 0 Å². The van der Waals surface area contributed by atoms with Gasteiger partial charge in [-0.15, -0.1) is 0 Å². The molecule has 0 unspecified atom stereocenters. The smallest absolute Gasteiger partial charge is 0.281 e. The Morgan fingerprint density at radius 3 is 2.77 bits per heavy atom. The average Bonchev–Trinajstić information content (AvgIpc) is 2.44. The average molecular weight is 180 g/mol. The predicted molar refractivity (Wildman–Crippen MR) is 46.6 cm³/mol. The number of nitrogens with zero attached hydrogens (tertiary/aromatic N) is 3. The molecule has 0 amide bonds. The molecule has 2 aromatic rings. The Bertz CT molecular complexity index is 574. The number of hydrogen-bond acceptors (Lipinski definition) is 3. The summed E-state index contributed by atoms with van der Waals surface area (Å²) in [6, 6.07) is 0. The molecular weight excluding hydrogens is 172 g/mol. The van der Waals surface area contributed by atoms with Crippen LogP contribution >= 0.6 is 0 Å². The van der Waals surface area contributed by atoms with Crippen molar-refractivity contribution in [2.45, 2.75) is 0 Å². The fraction of sp³-hybridized carbons (Fsp3) is 0.286. The van der Waals surface area contributed by atoms with Crippen molar-refractivity contribution in [3.63, 3.8) is 0 Å². The molecule has 0 aliphatic rings. The number of rotatable bonds is 0. The second-order valence-electron chi connectivity index (χ2n) is 2.82. The van der Waals surface area contributed by atoms with Crippen molar-refractivity contribution in [3.05, 3.63) is 27.0 Å². The van der Waals surface area contributed by atoms with Crippen molar-refractivity contribution in [1.82, 2.24) is 19.3 Å². The Morgan fingerprint density at radius 1 is 1.38 bits per heavy atom. The first kappa shape index (κ1) is 7.78.